The standard InChI is InChI=1S/C16H26BrNS/c1-5-8-18-14-10-13(16(14,6-2)7-3)12-9-15(17)19-11(12)4/h9,13-14,18H,5-8,10H2,1-4H3. The fraction of sp³-hybridized carbons (Fsp3) is 0.750. The SMILES string of the molecule is CCCNC1CC(c2cc(Br)sc2C)C1(CC)CC. The fourth-order valence-corrected chi connectivity index (χ4v) is 5.64. The Balaban J connectivity index is 2.21. The molecule has 1 heterocycles. The maximum absolute atomic E-state index is 3.78. The van der Waals surface area contributed by atoms with Gasteiger partial charge in [0.15, 0.2) is 0 Å². The first-order valence-corrected chi connectivity index (χ1v) is 9.19. The van der Waals surface area contributed by atoms with Crippen molar-refractivity contribution in [1.29, 1.82) is 0 Å². The normalized spacial score (nSPS) is 25.3. The van der Waals surface area contributed by atoms with E-state index >= 15 is 0 Å². The predicted octanol–water partition coefficient (Wildman–Crippen LogP) is 5.48. The van der Waals surface area contributed by atoms with Gasteiger partial charge in [0, 0.05) is 10.9 Å². The lowest BCUT2D eigenvalue weighted by Gasteiger charge is -2.57. The average molecular weight is 344 g/mol. The number of hydrogen-bond donors (Lipinski definition) is 1. The summed E-state index contributed by atoms with van der Waals surface area (Å²) in [6.45, 7) is 10.4. The van der Waals surface area contributed by atoms with Gasteiger partial charge in [-0.15, -0.1) is 11.3 Å². The summed E-state index contributed by atoms with van der Waals surface area (Å²) in [7, 11) is 0. The van der Waals surface area contributed by atoms with Crippen LogP contribution >= 0.6 is 27.3 Å². The molecule has 1 fully saturated rings. The summed E-state index contributed by atoms with van der Waals surface area (Å²) in [6, 6.07) is 3.08. The first-order valence-electron chi connectivity index (χ1n) is 7.58. The second-order valence-corrected chi connectivity index (χ2v) is 8.43. The third-order valence-corrected chi connectivity index (χ3v) is 6.69. The van der Waals surface area contributed by atoms with Crippen molar-refractivity contribution in [3.05, 3.63) is 20.3 Å². The van der Waals surface area contributed by atoms with Crippen LogP contribution in [0.4, 0.5) is 0 Å². The molecule has 1 aliphatic rings. The van der Waals surface area contributed by atoms with E-state index in [1.165, 1.54) is 34.3 Å². The summed E-state index contributed by atoms with van der Waals surface area (Å²) in [6.07, 6.45) is 5.10. The van der Waals surface area contributed by atoms with E-state index in [4.69, 9.17) is 0 Å². The topological polar surface area (TPSA) is 12.0 Å². The predicted molar refractivity (Wildman–Crippen MR) is 89.2 cm³/mol. The van der Waals surface area contributed by atoms with E-state index in [-0.39, 0.29) is 0 Å². The van der Waals surface area contributed by atoms with Crippen LogP contribution in [0.3, 0.4) is 0 Å². The Morgan fingerprint density at radius 1 is 1.37 bits per heavy atom. The quantitative estimate of drug-likeness (QED) is 0.720. The molecule has 1 nitrogen and oxygen atoms in total. The molecular formula is C16H26BrNS. The Morgan fingerprint density at radius 3 is 2.53 bits per heavy atom. The van der Waals surface area contributed by atoms with Gasteiger partial charge in [0.1, 0.15) is 0 Å². The Morgan fingerprint density at radius 2 is 2.05 bits per heavy atom. The van der Waals surface area contributed by atoms with Crippen LogP contribution in [0.1, 0.15) is 62.8 Å². The maximum atomic E-state index is 3.78. The van der Waals surface area contributed by atoms with E-state index in [9.17, 15) is 0 Å². The molecule has 1 aliphatic carbocycles. The highest BCUT2D eigenvalue weighted by molar-refractivity contribution is 9.11. The summed E-state index contributed by atoms with van der Waals surface area (Å²) in [4.78, 5) is 1.50. The van der Waals surface area contributed by atoms with E-state index in [0.29, 0.717) is 11.5 Å². The zero-order valence-corrected chi connectivity index (χ0v) is 15.0. The number of halogens is 1. The van der Waals surface area contributed by atoms with Crippen LogP contribution in [-0.4, -0.2) is 12.6 Å². The van der Waals surface area contributed by atoms with Gasteiger partial charge in [-0.25, -0.2) is 0 Å². The Kier molecular flexibility index (Phi) is 5.13. The van der Waals surface area contributed by atoms with Crippen molar-refractivity contribution in [1.82, 2.24) is 5.32 Å². The van der Waals surface area contributed by atoms with E-state index in [2.05, 4.69) is 55.0 Å². The highest BCUT2D eigenvalue weighted by Gasteiger charge is 2.53. The Labute approximate surface area is 130 Å². The van der Waals surface area contributed by atoms with Crippen molar-refractivity contribution < 1.29 is 0 Å². The molecule has 0 bridgehead atoms. The van der Waals surface area contributed by atoms with Gasteiger partial charge in [-0.2, -0.15) is 0 Å². The minimum atomic E-state index is 0.473. The van der Waals surface area contributed by atoms with Crippen molar-refractivity contribution >= 4 is 27.3 Å². The average Bonchev–Trinajstić information content (AvgIpc) is 2.69. The number of thiophene rings is 1. The molecule has 1 N–H and O–H groups in total. The summed E-state index contributed by atoms with van der Waals surface area (Å²) >= 11 is 5.53. The summed E-state index contributed by atoms with van der Waals surface area (Å²) < 4.78 is 1.28. The molecule has 2 atom stereocenters. The van der Waals surface area contributed by atoms with E-state index < -0.39 is 0 Å². The van der Waals surface area contributed by atoms with Gasteiger partial charge in [0.05, 0.1) is 3.79 Å². The maximum Gasteiger partial charge on any atom is 0.0704 e. The zero-order chi connectivity index (χ0) is 14.0. The minimum absolute atomic E-state index is 0.473. The van der Waals surface area contributed by atoms with E-state index in [0.717, 1.165) is 12.5 Å². The number of aryl methyl sites for hydroxylation is 1. The van der Waals surface area contributed by atoms with Gasteiger partial charge in [0.25, 0.3) is 0 Å². The highest BCUT2D eigenvalue weighted by Crippen LogP contribution is 2.58. The summed E-state index contributed by atoms with van der Waals surface area (Å²) in [5, 5.41) is 3.78. The van der Waals surface area contributed by atoms with Crippen LogP contribution in [0.5, 0.6) is 0 Å². The van der Waals surface area contributed by atoms with Crippen LogP contribution in [0, 0.1) is 12.3 Å². The van der Waals surface area contributed by atoms with Gasteiger partial charge in [-0.05, 0) is 78.0 Å². The lowest BCUT2D eigenvalue weighted by atomic mass is 9.52. The van der Waals surface area contributed by atoms with Crippen LogP contribution in [0.25, 0.3) is 0 Å². The zero-order valence-electron chi connectivity index (χ0n) is 12.6. The molecule has 19 heavy (non-hydrogen) atoms. The Bertz CT molecular complexity index is 422. The largest absolute Gasteiger partial charge is 0.313 e. The summed E-state index contributed by atoms with van der Waals surface area (Å²) in [5.74, 6) is 0.749. The fourth-order valence-electron chi connectivity index (χ4n) is 3.87. The van der Waals surface area contributed by atoms with Crippen LogP contribution < -0.4 is 5.32 Å². The highest BCUT2D eigenvalue weighted by atomic mass is 79.9. The number of rotatable bonds is 6. The lowest BCUT2D eigenvalue weighted by molar-refractivity contribution is 0.0201. The van der Waals surface area contributed by atoms with Crippen molar-refractivity contribution in [2.75, 3.05) is 6.54 Å². The molecule has 1 saturated carbocycles. The second-order valence-electron chi connectivity index (χ2n) is 5.80. The molecule has 0 amide bonds. The molecule has 0 aliphatic heterocycles. The van der Waals surface area contributed by atoms with Crippen molar-refractivity contribution in [3.63, 3.8) is 0 Å². The summed E-state index contributed by atoms with van der Waals surface area (Å²) in [5.41, 5.74) is 2.07. The molecule has 0 radical (unpaired) electrons. The monoisotopic (exact) mass is 343 g/mol. The van der Waals surface area contributed by atoms with Crippen molar-refractivity contribution in [3.8, 4) is 0 Å². The molecule has 108 valence electrons. The van der Waals surface area contributed by atoms with E-state index in [1.54, 1.807) is 5.56 Å². The molecule has 3 heteroatoms. The van der Waals surface area contributed by atoms with Crippen LogP contribution in [0.2, 0.25) is 0 Å². The van der Waals surface area contributed by atoms with Gasteiger partial charge in [-0.1, -0.05) is 20.8 Å². The van der Waals surface area contributed by atoms with Crippen LogP contribution in [0.15, 0.2) is 9.85 Å². The third-order valence-electron chi connectivity index (χ3n) is 5.12. The molecular weight excluding hydrogens is 318 g/mol. The second kappa shape index (κ2) is 6.28. The van der Waals surface area contributed by atoms with Crippen molar-refractivity contribution in [2.45, 2.75) is 65.3 Å². The number of nitrogens with one attached hydrogen (secondary N) is 1. The van der Waals surface area contributed by atoms with Gasteiger partial charge in [-0.3, -0.25) is 0 Å². The molecule has 0 aromatic carbocycles. The lowest BCUT2D eigenvalue weighted by Crippen LogP contribution is -2.58. The smallest absolute Gasteiger partial charge is 0.0704 e. The molecule has 1 aromatic rings. The molecule has 2 unspecified atom stereocenters. The van der Waals surface area contributed by atoms with E-state index in [1.807, 2.05) is 11.3 Å². The molecule has 0 saturated heterocycles. The molecule has 2 rings (SSSR count). The first kappa shape index (κ1) is 15.5. The molecule has 0 spiro atoms. The van der Waals surface area contributed by atoms with Gasteiger partial charge in [0.2, 0.25) is 0 Å². The third kappa shape index (κ3) is 2.66. The molecule has 1 aromatic heterocycles. The van der Waals surface area contributed by atoms with Crippen molar-refractivity contribution in [2.24, 2.45) is 5.41 Å². The minimum Gasteiger partial charge on any atom is -0.313 e. The Hall–Kier alpha value is 0.140. The first-order chi connectivity index (χ1) is 9.08. The van der Waals surface area contributed by atoms with Crippen LogP contribution in [-0.2, 0) is 0 Å². The van der Waals surface area contributed by atoms with Gasteiger partial charge < -0.3 is 5.32 Å². The number of hydrogen-bond acceptors (Lipinski definition) is 2. The van der Waals surface area contributed by atoms with Gasteiger partial charge >= 0.3 is 0 Å².